The molecule has 96 valence electrons. The van der Waals surface area contributed by atoms with Crippen LogP contribution in [0.15, 0.2) is 24.3 Å². The number of halogens is 3. The lowest BCUT2D eigenvalue weighted by Gasteiger charge is -2.24. The standard InChI is InChI=1S/C12H16F3NO/c1-8-5-3-4-6-10(8)11(7-16)17-9(2)12(13,14)15/h3-6,9,11H,7,16H2,1-2H3. The lowest BCUT2D eigenvalue weighted by Crippen LogP contribution is -2.32. The van der Waals surface area contributed by atoms with Crippen LogP contribution in [-0.4, -0.2) is 18.8 Å². The second kappa shape index (κ2) is 5.51. The number of aryl methyl sites for hydroxylation is 1. The van der Waals surface area contributed by atoms with E-state index in [9.17, 15) is 13.2 Å². The summed E-state index contributed by atoms with van der Waals surface area (Å²) in [4.78, 5) is 0. The number of benzene rings is 1. The summed E-state index contributed by atoms with van der Waals surface area (Å²) in [6.45, 7) is 2.83. The molecule has 1 rings (SSSR count). The molecule has 0 saturated heterocycles. The van der Waals surface area contributed by atoms with E-state index >= 15 is 0 Å². The van der Waals surface area contributed by atoms with Gasteiger partial charge in [0.05, 0.1) is 6.10 Å². The van der Waals surface area contributed by atoms with Crippen LogP contribution in [0.1, 0.15) is 24.2 Å². The number of nitrogens with two attached hydrogens (primary N) is 1. The van der Waals surface area contributed by atoms with Crippen LogP contribution >= 0.6 is 0 Å². The summed E-state index contributed by atoms with van der Waals surface area (Å²) >= 11 is 0. The van der Waals surface area contributed by atoms with Gasteiger partial charge < -0.3 is 10.5 Å². The smallest absolute Gasteiger partial charge is 0.360 e. The summed E-state index contributed by atoms with van der Waals surface area (Å²) in [5, 5.41) is 0. The van der Waals surface area contributed by atoms with Crippen molar-refractivity contribution in [3.8, 4) is 0 Å². The minimum absolute atomic E-state index is 0.0191. The van der Waals surface area contributed by atoms with Gasteiger partial charge in [0.15, 0.2) is 6.10 Å². The van der Waals surface area contributed by atoms with Gasteiger partial charge in [0, 0.05) is 6.54 Å². The minimum atomic E-state index is -4.36. The monoisotopic (exact) mass is 247 g/mol. The molecule has 1 aromatic carbocycles. The highest BCUT2D eigenvalue weighted by atomic mass is 19.4. The van der Waals surface area contributed by atoms with Gasteiger partial charge in [-0.3, -0.25) is 0 Å². The van der Waals surface area contributed by atoms with Crippen LogP contribution in [0.2, 0.25) is 0 Å². The van der Waals surface area contributed by atoms with Gasteiger partial charge in [-0.1, -0.05) is 24.3 Å². The molecule has 0 aliphatic rings. The van der Waals surface area contributed by atoms with E-state index in [0.717, 1.165) is 12.5 Å². The zero-order valence-electron chi connectivity index (χ0n) is 9.79. The van der Waals surface area contributed by atoms with Crippen molar-refractivity contribution in [2.75, 3.05) is 6.54 Å². The summed E-state index contributed by atoms with van der Waals surface area (Å²) in [5.74, 6) is 0. The largest absolute Gasteiger partial charge is 0.414 e. The average molecular weight is 247 g/mol. The van der Waals surface area contributed by atoms with Crippen LogP contribution in [0.25, 0.3) is 0 Å². The Morgan fingerprint density at radius 2 is 1.88 bits per heavy atom. The molecule has 0 spiro atoms. The number of hydrogen-bond acceptors (Lipinski definition) is 2. The quantitative estimate of drug-likeness (QED) is 0.887. The Labute approximate surface area is 98.6 Å². The van der Waals surface area contributed by atoms with Gasteiger partial charge in [-0.25, -0.2) is 0 Å². The molecule has 0 bridgehead atoms. The Morgan fingerprint density at radius 3 is 2.35 bits per heavy atom. The number of ether oxygens (including phenoxy) is 1. The lowest BCUT2D eigenvalue weighted by atomic mass is 10.0. The van der Waals surface area contributed by atoms with E-state index < -0.39 is 18.4 Å². The predicted octanol–water partition coefficient (Wildman–Crippen LogP) is 2.96. The minimum Gasteiger partial charge on any atom is -0.360 e. The molecule has 0 radical (unpaired) electrons. The van der Waals surface area contributed by atoms with Crippen LogP contribution in [0.4, 0.5) is 13.2 Å². The number of hydrogen-bond donors (Lipinski definition) is 1. The summed E-state index contributed by atoms with van der Waals surface area (Å²) in [6, 6.07) is 7.13. The lowest BCUT2D eigenvalue weighted by molar-refractivity contribution is -0.226. The fourth-order valence-electron chi connectivity index (χ4n) is 1.53. The third-order valence-corrected chi connectivity index (χ3v) is 2.58. The normalized spacial score (nSPS) is 15.6. The molecule has 1 aromatic rings. The van der Waals surface area contributed by atoms with Crippen LogP contribution in [-0.2, 0) is 4.74 Å². The van der Waals surface area contributed by atoms with Gasteiger partial charge in [-0.15, -0.1) is 0 Å². The van der Waals surface area contributed by atoms with Gasteiger partial charge in [0.2, 0.25) is 0 Å². The zero-order chi connectivity index (χ0) is 13.1. The fourth-order valence-corrected chi connectivity index (χ4v) is 1.53. The van der Waals surface area contributed by atoms with Crippen molar-refractivity contribution in [1.29, 1.82) is 0 Å². The third-order valence-electron chi connectivity index (χ3n) is 2.58. The van der Waals surface area contributed by atoms with Crippen LogP contribution in [0.3, 0.4) is 0 Å². The molecule has 0 saturated carbocycles. The van der Waals surface area contributed by atoms with E-state index in [1.807, 2.05) is 19.1 Å². The molecule has 0 aliphatic heterocycles. The second-order valence-corrected chi connectivity index (χ2v) is 3.90. The fraction of sp³-hybridized carbons (Fsp3) is 0.500. The molecule has 0 amide bonds. The maximum Gasteiger partial charge on any atom is 0.414 e. The Bertz CT molecular complexity index is 365. The highest BCUT2D eigenvalue weighted by Gasteiger charge is 2.38. The molecule has 0 heterocycles. The topological polar surface area (TPSA) is 35.2 Å². The van der Waals surface area contributed by atoms with E-state index in [0.29, 0.717) is 5.56 Å². The molecule has 2 unspecified atom stereocenters. The van der Waals surface area contributed by atoms with Crippen molar-refractivity contribution in [2.24, 2.45) is 5.73 Å². The van der Waals surface area contributed by atoms with Crippen LogP contribution in [0.5, 0.6) is 0 Å². The molecule has 2 atom stereocenters. The molecule has 0 aliphatic carbocycles. The summed E-state index contributed by atoms with van der Waals surface area (Å²) in [7, 11) is 0. The molecular formula is C12H16F3NO. The van der Waals surface area contributed by atoms with Crippen molar-refractivity contribution in [3.05, 3.63) is 35.4 Å². The first-order valence-electron chi connectivity index (χ1n) is 5.34. The van der Waals surface area contributed by atoms with Crippen molar-refractivity contribution < 1.29 is 17.9 Å². The van der Waals surface area contributed by atoms with E-state index in [-0.39, 0.29) is 6.54 Å². The van der Waals surface area contributed by atoms with Gasteiger partial charge in [0.1, 0.15) is 0 Å². The Morgan fingerprint density at radius 1 is 1.29 bits per heavy atom. The molecule has 17 heavy (non-hydrogen) atoms. The third kappa shape index (κ3) is 3.71. The summed E-state index contributed by atoms with van der Waals surface area (Å²) in [5.41, 5.74) is 7.05. The van der Waals surface area contributed by atoms with Crippen LogP contribution < -0.4 is 5.73 Å². The maximum atomic E-state index is 12.4. The van der Waals surface area contributed by atoms with E-state index in [1.165, 1.54) is 0 Å². The molecule has 2 nitrogen and oxygen atoms in total. The zero-order valence-corrected chi connectivity index (χ0v) is 9.79. The molecule has 0 fully saturated rings. The predicted molar refractivity (Wildman–Crippen MR) is 59.6 cm³/mol. The number of rotatable bonds is 4. The van der Waals surface area contributed by atoms with Crippen molar-refractivity contribution >= 4 is 0 Å². The number of alkyl halides is 3. The van der Waals surface area contributed by atoms with Crippen molar-refractivity contribution in [3.63, 3.8) is 0 Å². The van der Waals surface area contributed by atoms with Crippen molar-refractivity contribution in [1.82, 2.24) is 0 Å². The first kappa shape index (κ1) is 14.0. The van der Waals surface area contributed by atoms with Gasteiger partial charge in [-0.05, 0) is 25.0 Å². The first-order chi connectivity index (χ1) is 7.86. The van der Waals surface area contributed by atoms with E-state index in [1.54, 1.807) is 12.1 Å². The second-order valence-electron chi connectivity index (χ2n) is 3.90. The van der Waals surface area contributed by atoms with Gasteiger partial charge >= 0.3 is 6.18 Å². The Hall–Kier alpha value is -1.07. The first-order valence-corrected chi connectivity index (χ1v) is 5.34. The molecular weight excluding hydrogens is 231 g/mol. The van der Waals surface area contributed by atoms with Crippen LogP contribution in [0, 0.1) is 6.92 Å². The molecule has 0 aromatic heterocycles. The maximum absolute atomic E-state index is 12.4. The molecule has 5 heteroatoms. The van der Waals surface area contributed by atoms with Gasteiger partial charge in [-0.2, -0.15) is 13.2 Å². The Balaban J connectivity index is 2.83. The van der Waals surface area contributed by atoms with E-state index in [4.69, 9.17) is 10.5 Å². The highest BCUT2D eigenvalue weighted by Crippen LogP contribution is 2.28. The Kier molecular flexibility index (Phi) is 4.54. The summed E-state index contributed by atoms with van der Waals surface area (Å²) in [6.07, 6.45) is -6.92. The summed E-state index contributed by atoms with van der Waals surface area (Å²) < 4.78 is 42.2. The van der Waals surface area contributed by atoms with E-state index in [2.05, 4.69) is 0 Å². The van der Waals surface area contributed by atoms with Crippen molar-refractivity contribution in [2.45, 2.75) is 32.2 Å². The molecule has 2 N–H and O–H groups in total. The SMILES string of the molecule is Cc1ccccc1C(CN)OC(C)C(F)(F)F. The average Bonchev–Trinajstić information content (AvgIpc) is 2.25. The van der Waals surface area contributed by atoms with Gasteiger partial charge in [0.25, 0.3) is 0 Å². The highest BCUT2D eigenvalue weighted by molar-refractivity contribution is 5.28.